The molecule has 0 radical (unpaired) electrons. The highest BCUT2D eigenvalue weighted by Crippen LogP contribution is 2.60. The molecule has 8 nitrogen and oxygen atoms in total. The molecular formula is C14H22NO7P. The summed E-state index contributed by atoms with van der Waals surface area (Å²) in [4.78, 5) is 11.3. The molecule has 0 aromatic rings. The van der Waals surface area contributed by atoms with Crippen molar-refractivity contribution in [2.24, 2.45) is 0 Å². The molecule has 1 rings (SSSR count). The van der Waals surface area contributed by atoms with Gasteiger partial charge in [0, 0.05) is 11.8 Å². The molecule has 23 heavy (non-hydrogen) atoms. The van der Waals surface area contributed by atoms with E-state index in [0.29, 0.717) is 5.06 Å². The van der Waals surface area contributed by atoms with Crippen LogP contribution in [0.25, 0.3) is 0 Å². The Morgan fingerprint density at radius 1 is 1.17 bits per heavy atom. The molecule has 0 heterocycles. The van der Waals surface area contributed by atoms with Crippen LogP contribution in [-0.4, -0.2) is 44.8 Å². The number of allylic oxidation sites excluding steroid dienone is 3. The fraction of sp³-hybridized carbons (Fsp3) is 0.500. The third-order valence-electron chi connectivity index (χ3n) is 3.17. The topological polar surface area (TPSA) is 117 Å². The van der Waals surface area contributed by atoms with E-state index in [2.05, 4.69) is 0 Å². The predicted octanol–water partition coefficient (Wildman–Crippen LogP) is 3.03. The second kappa shape index (κ2) is 7.31. The van der Waals surface area contributed by atoms with Gasteiger partial charge in [-0.05, 0) is 39.8 Å². The second-order valence-corrected chi connectivity index (χ2v) is 7.80. The van der Waals surface area contributed by atoms with Crippen LogP contribution in [0.4, 0.5) is 0 Å². The maximum Gasteiger partial charge on any atom is 0.357 e. The highest BCUT2D eigenvalue weighted by Gasteiger charge is 2.47. The van der Waals surface area contributed by atoms with Crippen molar-refractivity contribution in [3.05, 3.63) is 35.4 Å². The molecule has 0 unspecified atom stereocenters. The average molecular weight is 347 g/mol. The van der Waals surface area contributed by atoms with Gasteiger partial charge in [0.2, 0.25) is 0 Å². The van der Waals surface area contributed by atoms with Crippen molar-refractivity contribution in [2.45, 2.75) is 33.0 Å². The third kappa shape index (κ3) is 4.03. The lowest BCUT2D eigenvalue weighted by atomic mass is 10.1. The van der Waals surface area contributed by atoms with Crippen LogP contribution in [0.5, 0.6) is 0 Å². The van der Waals surface area contributed by atoms with E-state index in [0.717, 1.165) is 18.4 Å². The van der Waals surface area contributed by atoms with Gasteiger partial charge in [-0.2, -0.15) is 0 Å². The lowest BCUT2D eigenvalue weighted by Crippen LogP contribution is -2.39. The van der Waals surface area contributed by atoms with Crippen LogP contribution in [0.15, 0.2) is 35.4 Å². The Labute approximate surface area is 134 Å². The van der Waals surface area contributed by atoms with E-state index in [1.807, 2.05) is 0 Å². The van der Waals surface area contributed by atoms with Crippen molar-refractivity contribution >= 4 is 13.4 Å². The molecule has 0 aliphatic heterocycles. The first-order chi connectivity index (χ1) is 10.6. The van der Waals surface area contributed by atoms with Gasteiger partial charge in [-0.3, -0.25) is 14.6 Å². The van der Waals surface area contributed by atoms with E-state index in [-0.39, 0.29) is 18.8 Å². The molecule has 0 fully saturated rings. The molecule has 1 aliphatic rings. The summed E-state index contributed by atoms with van der Waals surface area (Å²) in [5.74, 6) is -2.25. The monoisotopic (exact) mass is 347 g/mol. The molecule has 0 saturated carbocycles. The Balaban J connectivity index is 3.16. The van der Waals surface area contributed by atoms with E-state index in [9.17, 15) is 24.8 Å². The van der Waals surface area contributed by atoms with Crippen molar-refractivity contribution < 1.29 is 33.8 Å². The number of hydrogen-bond donors (Lipinski definition) is 3. The first-order valence-corrected chi connectivity index (χ1v) is 8.58. The molecule has 0 spiro atoms. The van der Waals surface area contributed by atoms with E-state index in [4.69, 9.17) is 9.05 Å². The zero-order chi connectivity index (χ0) is 17.8. The van der Waals surface area contributed by atoms with Gasteiger partial charge in [0.1, 0.15) is 0 Å². The zero-order valence-corrected chi connectivity index (χ0v) is 14.4. The number of nitrogens with zero attached hydrogens (tertiary/aromatic N) is 1. The van der Waals surface area contributed by atoms with Gasteiger partial charge in [0.15, 0.2) is 16.8 Å². The predicted molar refractivity (Wildman–Crippen MR) is 83.1 cm³/mol. The average Bonchev–Trinajstić information content (AvgIpc) is 2.44. The highest BCUT2D eigenvalue weighted by molar-refractivity contribution is 7.55. The van der Waals surface area contributed by atoms with Crippen molar-refractivity contribution in [3.63, 3.8) is 0 Å². The summed E-state index contributed by atoms with van der Waals surface area (Å²) in [5.41, 5.74) is 0.134. The minimum atomic E-state index is -3.69. The van der Waals surface area contributed by atoms with Gasteiger partial charge in [-0.25, -0.2) is 5.06 Å². The minimum Gasteiger partial charge on any atom is -0.504 e. The van der Waals surface area contributed by atoms with Gasteiger partial charge < -0.3 is 19.3 Å². The number of ketones is 1. The molecule has 0 atom stereocenters. The highest BCUT2D eigenvalue weighted by atomic mass is 31.2. The quantitative estimate of drug-likeness (QED) is 0.475. The molecule has 0 aromatic heterocycles. The van der Waals surface area contributed by atoms with Crippen LogP contribution < -0.4 is 0 Å². The SMILES string of the molecule is CCOP(=O)(OCC)C(C)(C)N(O)C=C1C=C(O)C(=O)C(O)=C1. The lowest BCUT2D eigenvalue weighted by Gasteiger charge is -2.37. The number of Topliss-reactive ketones (excluding diaryl/α,β-unsaturated/α-hetero) is 1. The van der Waals surface area contributed by atoms with Gasteiger partial charge in [0.05, 0.1) is 13.2 Å². The van der Waals surface area contributed by atoms with Crippen molar-refractivity contribution in [1.29, 1.82) is 0 Å². The van der Waals surface area contributed by atoms with Crippen LogP contribution in [0, 0.1) is 0 Å². The summed E-state index contributed by atoms with van der Waals surface area (Å²) in [6.07, 6.45) is 3.23. The molecule has 0 aromatic carbocycles. The fourth-order valence-corrected chi connectivity index (χ4v) is 3.51. The number of aliphatic hydroxyl groups is 2. The van der Waals surface area contributed by atoms with Gasteiger partial charge in [-0.15, -0.1) is 0 Å². The smallest absolute Gasteiger partial charge is 0.357 e. The number of rotatable bonds is 7. The number of hydrogen-bond acceptors (Lipinski definition) is 8. The second-order valence-electron chi connectivity index (χ2n) is 5.19. The summed E-state index contributed by atoms with van der Waals surface area (Å²) >= 11 is 0. The Bertz CT molecular complexity index is 572. The maximum absolute atomic E-state index is 12.8. The zero-order valence-electron chi connectivity index (χ0n) is 13.5. The normalized spacial score (nSPS) is 16.0. The third-order valence-corrected chi connectivity index (χ3v) is 5.91. The molecule has 130 valence electrons. The van der Waals surface area contributed by atoms with E-state index >= 15 is 0 Å². The summed E-state index contributed by atoms with van der Waals surface area (Å²) in [5, 5.41) is 28.3. The molecule has 0 bridgehead atoms. The Morgan fingerprint density at radius 2 is 1.61 bits per heavy atom. The Morgan fingerprint density at radius 3 is 2.00 bits per heavy atom. The summed E-state index contributed by atoms with van der Waals surface area (Å²) in [7, 11) is -3.69. The Kier molecular flexibility index (Phi) is 6.18. The lowest BCUT2D eigenvalue weighted by molar-refractivity contribution is -0.117. The molecule has 1 aliphatic carbocycles. The Hall–Kier alpha value is -1.60. The standard InChI is InChI=1S/C14H22NO7P/c1-5-21-23(20,22-6-2)14(3,4)15(19)9-10-7-11(16)13(18)12(17)8-10/h7-9,16-17,19H,5-6H2,1-4H3. The van der Waals surface area contributed by atoms with E-state index in [1.165, 1.54) is 13.8 Å². The van der Waals surface area contributed by atoms with Crippen LogP contribution in [0.3, 0.4) is 0 Å². The first-order valence-electron chi connectivity index (χ1n) is 7.04. The fourth-order valence-electron chi connectivity index (χ4n) is 1.81. The van der Waals surface area contributed by atoms with Crippen molar-refractivity contribution in [3.8, 4) is 0 Å². The minimum absolute atomic E-state index is 0.126. The number of carbonyl (C=O) groups excluding carboxylic acids is 1. The molecular weight excluding hydrogens is 325 g/mol. The molecule has 9 heteroatoms. The van der Waals surface area contributed by atoms with Crippen molar-refractivity contribution in [2.75, 3.05) is 13.2 Å². The van der Waals surface area contributed by atoms with E-state index in [1.54, 1.807) is 13.8 Å². The summed E-state index contributed by atoms with van der Waals surface area (Å²) < 4.78 is 23.3. The maximum atomic E-state index is 12.8. The molecule has 0 amide bonds. The largest absolute Gasteiger partial charge is 0.504 e. The molecule has 3 N–H and O–H groups in total. The van der Waals surface area contributed by atoms with Crippen LogP contribution >= 0.6 is 7.60 Å². The molecule has 0 saturated heterocycles. The number of carbonyl (C=O) groups is 1. The number of hydroxylamine groups is 2. The van der Waals surface area contributed by atoms with Crippen LogP contribution in [0.1, 0.15) is 27.7 Å². The van der Waals surface area contributed by atoms with Gasteiger partial charge in [-0.1, -0.05) is 0 Å². The van der Waals surface area contributed by atoms with E-state index < -0.39 is 30.2 Å². The summed E-state index contributed by atoms with van der Waals surface area (Å²) in [6.45, 7) is 6.46. The first kappa shape index (κ1) is 19.4. The summed E-state index contributed by atoms with van der Waals surface area (Å²) in [6, 6.07) is 0. The van der Waals surface area contributed by atoms with Gasteiger partial charge >= 0.3 is 7.60 Å². The van der Waals surface area contributed by atoms with Crippen molar-refractivity contribution in [1.82, 2.24) is 5.06 Å². The van der Waals surface area contributed by atoms with Gasteiger partial charge in [0.25, 0.3) is 5.78 Å². The van der Waals surface area contributed by atoms with Crippen LogP contribution in [0.2, 0.25) is 0 Å². The van der Waals surface area contributed by atoms with Crippen LogP contribution in [-0.2, 0) is 18.4 Å². The number of aliphatic hydroxyl groups excluding tert-OH is 2.